The lowest BCUT2D eigenvalue weighted by Crippen LogP contribution is -2.58. The summed E-state index contributed by atoms with van der Waals surface area (Å²) < 4.78 is 0. The average Bonchev–Trinajstić information content (AvgIpc) is 3.34. The van der Waals surface area contributed by atoms with Crippen LogP contribution in [0.4, 0.5) is 5.69 Å². The second-order valence-corrected chi connectivity index (χ2v) is 6.26. The Kier molecular flexibility index (Phi) is 3.96. The van der Waals surface area contributed by atoms with E-state index in [1.54, 1.807) is 0 Å². The van der Waals surface area contributed by atoms with Crippen molar-refractivity contribution in [2.45, 2.75) is 18.4 Å². The van der Waals surface area contributed by atoms with Gasteiger partial charge in [0.2, 0.25) is 0 Å². The van der Waals surface area contributed by atoms with Crippen LogP contribution in [0, 0.1) is 5.92 Å². The Balaban J connectivity index is 1.53. The summed E-state index contributed by atoms with van der Waals surface area (Å²) in [5, 5.41) is 9.59. The fraction of sp³-hybridized carbons (Fsp3) is 0.625. The SMILES string of the molecule is NC(CO)(CN1CCN(c2ccccc2)CC1)C1CC1. The van der Waals surface area contributed by atoms with E-state index in [1.165, 1.54) is 18.5 Å². The number of nitrogens with zero attached hydrogens (tertiary/aromatic N) is 2. The van der Waals surface area contributed by atoms with Crippen LogP contribution in [0.25, 0.3) is 0 Å². The quantitative estimate of drug-likeness (QED) is 0.838. The number of piperazine rings is 1. The summed E-state index contributed by atoms with van der Waals surface area (Å²) >= 11 is 0. The maximum Gasteiger partial charge on any atom is 0.0626 e. The van der Waals surface area contributed by atoms with E-state index in [-0.39, 0.29) is 12.1 Å². The zero-order chi connectivity index (χ0) is 14.0. The molecule has 1 saturated heterocycles. The summed E-state index contributed by atoms with van der Waals surface area (Å²) in [6.45, 7) is 5.07. The lowest BCUT2D eigenvalue weighted by molar-refractivity contribution is 0.117. The number of aliphatic hydroxyl groups excluding tert-OH is 1. The minimum Gasteiger partial charge on any atom is -0.394 e. The third-order valence-electron chi connectivity index (χ3n) is 4.70. The molecule has 1 aromatic rings. The van der Waals surface area contributed by atoms with Crippen molar-refractivity contribution in [3.05, 3.63) is 30.3 Å². The van der Waals surface area contributed by atoms with Crippen molar-refractivity contribution in [1.82, 2.24) is 4.90 Å². The van der Waals surface area contributed by atoms with Gasteiger partial charge in [0.05, 0.1) is 12.1 Å². The van der Waals surface area contributed by atoms with Crippen LogP contribution in [0.15, 0.2) is 30.3 Å². The highest BCUT2D eigenvalue weighted by atomic mass is 16.3. The smallest absolute Gasteiger partial charge is 0.0626 e. The maximum absolute atomic E-state index is 9.59. The number of para-hydroxylation sites is 1. The molecule has 1 aliphatic carbocycles. The molecule has 4 heteroatoms. The van der Waals surface area contributed by atoms with E-state index in [2.05, 4.69) is 40.1 Å². The second kappa shape index (κ2) is 5.72. The van der Waals surface area contributed by atoms with Gasteiger partial charge < -0.3 is 15.7 Å². The van der Waals surface area contributed by atoms with Crippen molar-refractivity contribution in [2.75, 3.05) is 44.2 Å². The highest BCUT2D eigenvalue weighted by Gasteiger charge is 2.43. The van der Waals surface area contributed by atoms with Crippen molar-refractivity contribution in [2.24, 2.45) is 11.7 Å². The van der Waals surface area contributed by atoms with Crippen LogP contribution in [0.5, 0.6) is 0 Å². The van der Waals surface area contributed by atoms with Crippen molar-refractivity contribution in [3.63, 3.8) is 0 Å². The van der Waals surface area contributed by atoms with Gasteiger partial charge in [0.1, 0.15) is 0 Å². The number of nitrogens with two attached hydrogens (primary N) is 1. The molecule has 1 saturated carbocycles. The molecule has 2 fully saturated rings. The molecule has 1 atom stereocenters. The molecule has 1 aromatic carbocycles. The first-order chi connectivity index (χ1) is 9.71. The first-order valence-corrected chi connectivity index (χ1v) is 7.63. The molecule has 0 bridgehead atoms. The van der Waals surface area contributed by atoms with Crippen LogP contribution in [0.1, 0.15) is 12.8 Å². The first-order valence-electron chi connectivity index (χ1n) is 7.63. The molecule has 20 heavy (non-hydrogen) atoms. The minimum atomic E-state index is -0.380. The molecule has 110 valence electrons. The molecule has 3 rings (SSSR count). The Morgan fingerprint density at radius 2 is 1.75 bits per heavy atom. The number of benzene rings is 1. The van der Waals surface area contributed by atoms with E-state index in [4.69, 9.17) is 5.73 Å². The standard InChI is InChI=1S/C16H25N3O/c17-16(13-20,14-6-7-14)12-18-8-10-19(11-9-18)15-4-2-1-3-5-15/h1-5,14,20H,6-13,17H2. The summed E-state index contributed by atoms with van der Waals surface area (Å²) in [5.74, 6) is 0.527. The zero-order valence-corrected chi connectivity index (χ0v) is 12.0. The molecule has 4 nitrogen and oxygen atoms in total. The number of aliphatic hydroxyl groups is 1. The van der Waals surface area contributed by atoms with Gasteiger partial charge in [0.15, 0.2) is 0 Å². The summed E-state index contributed by atoms with van der Waals surface area (Å²) in [4.78, 5) is 4.83. The van der Waals surface area contributed by atoms with Crippen molar-refractivity contribution in [3.8, 4) is 0 Å². The van der Waals surface area contributed by atoms with Gasteiger partial charge in [0, 0.05) is 38.4 Å². The molecule has 2 aliphatic rings. The van der Waals surface area contributed by atoms with Gasteiger partial charge in [-0.15, -0.1) is 0 Å². The van der Waals surface area contributed by atoms with Crippen LogP contribution in [0.3, 0.4) is 0 Å². The number of anilines is 1. The molecular formula is C16H25N3O. The van der Waals surface area contributed by atoms with E-state index in [0.29, 0.717) is 5.92 Å². The Labute approximate surface area is 121 Å². The maximum atomic E-state index is 9.59. The zero-order valence-electron chi connectivity index (χ0n) is 12.0. The van der Waals surface area contributed by atoms with Gasteiger partial charge in [-0.05, 0) is 30.9 Å². The van der Waals surface area contributed by atoms with Gasteiger partial charge in [-0.2, -0.15) is 0 Å². The second-order valence-electron chi connectivity index (χ2n) is 6.26. The molecule has 0 aromatic heterocycles. The van der Waals surface area contributed by atoms with Gasteiger partial charge in [0.25, 0.3) is 0 Å². The van der Waals surface area contributed by atoms with Crippen molar-refractivity contribution < 1.29 is 5.11 Å². The monoisotopic (exact) mass is 275 g/mol. The third-order valence-corrected chi connectivity index (χ3v) is 4.70. The Morgan fingerprint density at radius 1 is 1.10 bits per heavy atom. The fourth-order valence-corrected chi connectivity index (χ4v) is 3.19. The minimum absolute atomic E-state index is 0.108. The van der Waals surface area contributed by atoms with Crippen LogP contribution in [-0.2, 0) is 0 Å². The van der Waals surface area contributed by atoms with Gasteiger partial charge in [-0.1, -0.05) is 18.2 Å². The first kappa shape index (κ1) is 13.9. The number of hydrogen-bond donors (Lipinski definition) is 2. The fourth-order valence-electron chi connectivity index (χ4n) is 3.19. The van der Waals surface area contributed by atoms with Crippen LogP contribution in [0.2, 0.25) is 0 Å². The molecule has 0 amide bonds. The average molecular weight is 275 g/mol. The van der Waals surface area contributed by atoms with Gasteiger partial charge in [-0.25, -0.2) is 0 Å². The van der Waals surface area contributed by atoms with Crippen molar-refractivity contribution in [1.29, 1.82) is 0 Å². The normalized spacial score (nSPS) is 23.6. The molecular weight excluding hydrogens is 250 g/mol. The molecule has 0 spiro atoms. The van der Waals surface area contributed by atoms with Crippen molar-refractivity contribution >= 4 is 5.69 Å². The molecule has 3 N–H and O–H groups in total. The Bertz CT molecular complexity index is 427. The van der Waals surface area contributed by atoms with E-state index >= 15 is 0 Å². The van der Waals surface area contributed by atoms with E-state index in [1.807, 2.05) is 0 Å². The Hall–Kier alpha value is -1.10. The Morgan fingerprint density at radius 3 is 2.30 bits per heavy atom. The summed E-state index contributed by atoms with van der Waals surface area (Å²) in [5.41, 5.74) is 7.30. The third kappa shape index (κ3) is 2.97. The topological polar surface area (TPSA) is 52.7 Å². The summed E-state index contributed by atoms with van der Waals surface area (Å²) in [6.07, 6.45) is 2.36. The van der Waals surface area contributed by atoms with Gasteiger partial charge >= 0.3 is 0 Å². The summed E-state index contributed by atoms with van der Waals surface area (Å²) in [7, 11) is 0. The lowest BCUT2D eigenvalue weighted by Gasteiger charge is -2.40. The predicted octanol–water partition coefficient (Wildman–Crippen LogP) is 0.908. The largest absolute Gasteiger partial charge is 0.394 e. The van der Waals surface area contributed by atoms with Crippen LogP contribution >= 0.6 is 0 Å². The van der Waals surface area contributed by atoms with Crippen LogP contribution in [-0.4, -0.2) is 54.9 Å². The van der Waals surface area contributed by atoms with Gasteiger partial charge in [-0.3, -0.25) is 4.90 Å². The highest BCUT2D eigenvalue weighted by molar-refractivity contribution is 5.46. The molecule has 0 radical (unpaired) electrons. The number of rotatable bonds is 5. The van der Waals surface area contributed by atoms with E-state index in [0.717, 1.165) is 32.7 Å². The highest BCUT2D eigenvalue weighted by Crippen LogP contribution is 2.38. The van der Waals surface area contributed by atoms with Crippen LogP contribution < -0.4 is 10.6 Å². The molecule has 1 unspecified atom stereocenters. The van der Waals surface area contributed by atoms with E-state index < -0.39 is 0 Å². The van der Waals surface area contributed by atoms with E-state index in [9.17, 15) is 5.11 Å². The summed E-state index contributed by atoms with van der Waals surface area (Å²) in [6, 6.07) is 10.6. The molecule has 1 aliphatic heterocycles. The molecule has 1 heterocycles. The predicted molar refractivity (Wildman–Crippen MR) is 81.8 cm³/mol. The lowest BCUT2D eigenvalue weighted by atomic mass is 9.94. The number of hydrogen-bond acceptors (Lipinski definition) is 4.